The summed E-state index contributed by atoms with van der Waals surface area (Å²) in [6, 6.07) is 5.99. The summed E-state index contributed by atoms with van der Waals surface area (Å²) in [4.78, 5) is 11.4. The first-order valence-electron chi connectivity index (χ1n) is 5.67. The minimum Gasteiger partial charge on any atom is -0.497 e. The molecule has 0 aromatic heterocycles. The van der Waals surface area contributed by atoms with Crippen molar-refractivity contribution in [1.29, 1.82) is 0 Å². The van der Waals surface area contributed by atoms with E-state index in [4.69, 9.17) is 4.74 Å². The fourth-order valence-electron chi connectivity index (χ4n) is 2.76. The van der Waals surface area contributed by atoms with Gasteiger partial charge in [-0.3, -0.25) is 4.79 Å². The zero-order valence-corrected chi connectivity index (χ0v) is 9.91. The van der Waals surface area contributed by atoms with Gasteiger partial charge in [0.05, 0.1) is 12.8 Å². The number of ether oxygens (including phenoxy) is 1. The largest absolute Gasteiger partial charge is 0.497 e. The minimum atomic E-state index is -0.156. The number of nitrogens with one attached hydrogen (secondary N) is 1. The maximum Gasteiger partial charge on any atom is 0.241 e. The molecule has 1 aliphatic heterocycles. The van der Waals surface area contributed by atoms with Crippen molar-refractivity contribution in [3.8, 4) is 5.75 Å². The zero-order valence-electron chi connectivity index (χ0n) is 9.91. The fourth-order valence-corrected chi connectivity index (χ4v) is 2.76. The lowest BCUT2D eigenvalue weighted by atomic mass is 9.81. The van der Waals surface area contributed by atoms with E-state index in [-0.39, 0.29) is 11.3 Å². The molecule has 17 heavy (non-hydrogen) atoms. The third-order valence-corrected chi connectivity index (χ3v) is 3.56. The molecule has 0 spiro atoms. The first-order valence-corrected chi connectivity index (χ1v) is 5.67. The van der Waals surface area contributed by atoms with E-state index in [0.717, 1.165) is 23.4 Å². The summed E-state index contributed by atoms with van der Waals surface area (Å²) in [5, 5.41) is 4.22. The third kappa shape index (κ3) is 1.44. The van der Waals surface area contributed by atoms with Gasteiger partial charge in [-0.25, -0.2) is 5.43 Å². The number of carbonyl (C=O) groups is 1. The average Bonchev–Trinajstić information content (AvgIpc) is 2.58. The third-order valence-electron chi connectivity index (χ3n) is 3.56. The van der Waals surface area contributed by atoms with Gasteiger partial charge in [-0.2, -0.15) is 5.10 Å². The fraction of sp³-hybridized carbons (Fsp3) is 0.385. The SMILES string of the molecule is COc1ccc2c(c1)CC1(C)CC(=O)NN=C21. The molecule has 1 aromatic rings. The van der Waals surface area contributed by atoms with Crippen molar-refractivity contribution in [3.63, 3.8) is 0 Å². The van der Waals surface area contributed by atoms with Crippen LogP contribution in [0, 0.1) is 5.41 Å². The van der Waals surface area contributed by atoms with Crippen molar-refractivity contribution in [3.05, 3.63) is 29.3 Å². The number of carbonyl (C=O) groups excluding carboxylic acids is 1. The molecule has 0 bridgehead atoms. The van der Waals surface area contributed by atoms with Gasteiger partial charge < -0.3 is 4.74 Å². The first kappa shape index (κ1) is 10.3. The van der Waals surface area contributed by atoms with Crippen molar-refractivity contribution in [2.75, 3.05) is 7.11 Å². The molecule has 1 aromatic carbocycles. The molecule has 1 atom stereocenters. The van der Waals surface area contributed by atoms with Crippen LogP contribution in [0.15, 0.2) is 23.3 Å². The van der Waals surface area contributed by atoms with Gasteiger partial charge in [-0.05, 0) is 30.2 Å². The lowest BCUT2D eigenvalue weighted by Gasteiger charge is -2.27. The molecule has 4 nitrogen and oxygen atoms in total. The topological polar surface area (TPSA) is 50.7 Å². The summed E-state index contributed by atoms with van der Waals surface area (Å²) in [7, 11) is 1.66. The number of hydrogen-bond acceptors (Lipinski definition) is 3. The molecule has 4 heteroatoms. The van der Waals surface area contributed by atoms with Gasteiger partial charge in [0.25, 0.3) is 0 Å². The Labute approximate surface area is 99.7 Å². The Bertz CT molecular complexity index is 536. The highest BCUT2D eigenvalue weighted by atomic mass is 16.5. The molecule has 1 heterocycles. The second-order valence-corrected chi connectivity index (χ2v) is 4.93. The van der Waals surface area contributed by atoms with Crippen LogP contribution < -0.4 is 10.2 Å². The number of hydrogen-bond donors (Lipinski definition) is 1. The molecule has 0 radical (unpaired) electrons. The van der Waals surface area contributed by atoms with Gasteiger partial charge in [0.1, 0.15) is 5.75 Å². The van der Waals surface area contributed by atoms with Crippen LogP contribution in [0.4, 0.5) is 0 Å². The summed E-state index contributed by atoms with van der Waals surface area (Å²) in [5.41, 5.74) is 5.75. The van der Waals surface area contributed by atoms with Crippen molar-refractivity contribution in [2.24, 2.45) is 10.5 Å². The summed E-state index contributed by atoms with van der Waals surface area (Å²) >= 11 is 0. The maximum absolute atomic E-state index is 11.4. The number of hydrazone groups is 1. The van der Waals surface area contributed by atoms with Crippen molar-refractivity contribution in [1.82, 2.24) is 5.43 Å². The molecule has 0 saturated heterocycles. The van der Waals surface area contributed by atoms with Crippen LogP contribution in [0.3, 0.4) is 0 Å². The Morgan fingerprint density at radius 1 is 1.41 bits per heavy atom. The quantitative estimate of drug-likeness (QED) is 0.794. The van der Waals surface area contributed by atoms with Gasteiger partial charge >= 0.3 is 0 Å². The van der Waals surface area contributed by atoms with Crippen molar-refractivity contribution >= 4 is 11.6 Å². The smallest absolute Gasteiger partial charge is 0.241 e. The highest BCUT2D eigenvalue weighted by Crippen LogP contribution is 2.42. The van der Waals surface area contributed by atoms with Crippen LogP contribution in [-0.2, 0) is 11.2 Å². The van der Waals surface area contributed by atoms with Crippen LogP contribution in [0.1, 0.15) is 24.5 Å². The Balaban J connectivity index is 2.10. The number of methoxy groups -OCH3 is 1. The van der Waals surface area contributed by atoms with Crippen LogP contribution >= 0.6 is 0 Å². The number of rotatable bonds is 1. The molecule has 1 N–H and O–H groups in total. The normalized spacial score (nSPS) is 25.8. The van der Waals surface area contributed by atoms with E-state index in [2.05, 4.69) is 17.5 Å². The van der Waals surface area contributed by atoms with Crippen molar-refractivity contribution in [2.45, 2.75) is 19.8 Å². The van der Waals surface area contributed by atoms with Crippen LogP contribution in [-0.4, -0.2) is 18.7 Å². The lowest BCUT2D eigenvalue weighted by Crippen LogP contribution is -2.38. The monoisotopic (exact) mass is 230 g/mol. The van der Waals surface area contributed by atoms with E-state index in [1.807, 2.05) is 18.2 Å². The summed E-state index contributed by atoms with van der Waals surface area (Å²) in [6.45, 7) is 2.09. The van der Waals surface area contributed by atoms with E-state index < -0.39 is 0 Å². The molecule has 3 rings (SSSR count). The van der Waals surface area contributed by atoms with E-state index in [0.29, 0.717) is 6.42 Å². The standard InChI is InChI=1S/C13H14N2O2/c1-13-6-8-5-9(17-2)3-4-10(8)12(13)15-14-11(16)7-13/h3-5H,6-7H2,1-2H3,(H,14,16). The highest BCUT2D eigenvalue weighted by Gasteiger charge is 2.43. The van der Waals surface area contributed by atoms with Crippen LogP contribution in [0.2, 0.25) is 0 Å². The second-order valence-electron chi connectivity index (χ2n) is 4.93. The van der Waals surface area contributed by atoms with E-state index >= 15 is 0 Å². The second kappa shape index (κ2) is 3.32. The van der Waals surface area contributed by atoms with E-state index in [1.54, 1.807) is 7.11 Å². The van der Waals surface area contributed by atoms with Gasteiger partial charge in [0, 0.05) is 17.4 Å². The van der Waals surface area contributed by atoms with Gasteiger partial charge in [0.15, 0.2) is 0 Å². The number of nitrogens with zero attached hydrogens (tertiary/aromatic N) is 1. The molecule has 1 aliphatic carbocycles. The molecule has 88 valence electrons. The first-order chi connectivity index (χ1) is 8.12. The number of benzene rings is 1. The minimum absolute atomic E-state index is 0.00368. The summed E-state index contributed by atoms with van der Waals surface area (Å²) < 4.78 is 5.22. The predicted molar refractivity (Wildman–Crippen MR) is 64.1 cm³/mol. The number of fused-ring (bicyclic) bond motifs is 3. The molecular weight excluding hydrogens is 216 g/mol. The molecular formula is C13H14N2O2. The zero-order chi connectivity index (χ0) is 12.0. The molecule has 2 aliphatic rings. The van der Waals surface area contributed by atoms with Gasteiger partial charge in [-0.1, -0.05) is 6.92 Å². The molecule has 1 unspecified atom stereocenters. The molecule has 0 saturated carbocycles. The Morgan fingerprint density at radius 3 is 3.00 bits per heavy atom. The lowest BCUT2D eigenvalue weighted by molar-refractivity contribution is -0.122. The average molecular weight is 230 g/mol. The number of amides is 1. The summed E-state index contributed by atoms with van der Waals surface area (Å²) in [5.74, 6) is 0.849. The van der Waals surface area contributed by atoms with Gasteiger partial charge in [0.2, 0.25) is 5.91 Å². The summed E-state index contributed by atoms with van der Waals surface area (Å²) in [6.07, 6.45) is 1.36. The van der Waals surface area contributed by atoms with E-state index in [1.165, 1.54) is 5.56 Å². The maximum atomic E-state index is 11.4. The van der Waals surface area contributed by atoms with Crippen LogP contribution in [0.25, 0.3) is 0 Å². The molecule has 1 amide bonds. The van der Waals surface area contributed by atoms with Crippen LogP contribution in [0.5, 0.6) is 5.75 Å². The van der Waals surface area contributed by atoms with Crippen molar-refractivity contribution < 1.29 is 9.53 Å². The predicted octanol–water partition coefficient (Wildman–Crippen LogP) is 1.48. The van der Waals surface area contributed by atoms with E-state index in [9.17, 15) is 4.79 Å². The molecule has 0 fully saturated rings. The highest BCUT2D eigenvalue weighted by molar-refractivity contribution is 6.11. The van der Waals surface area contributed by atoms with Gasteiger partial charge in [-0.15, -0.1) is 0 Å². The Morgan fingerprint density at radius 2 is 2.24 bits per heavy atom. The Kier molecular flexibility index (Phi) is 2.02. The Hall–Kier alpha value is -1.84.